The minimum absolute atomic E-state index is 0.0483. The van der Waals surface area contributed by atoms with E-state index in [1.807, 2.05) is 6.08 Å². The smallest absolute Gasteiger partial charge is 0.345 e. The maximum absolute atomic E-state index is 11.6. The van der Waals surface area contributed by atoms with Crippen LogP contribution in [0.1, 0.15) is 84.0 Å². The maximum atomic E-state index is 11.6. The molecule has 3 N–H and O–H groups in total. The van der Waals surface area contributed by atoms with Crippen LogP contribution >= 0.6 is 47.8 Å². The minimum Gasteiger partial charge on any atom is -0.462 e. The molecule has 0 saturated carbocycles. The lowest BCUT2D eigenvalue weighted by Crippen LogP contribution is -2.39. The molecule has 0 amide bonds. The molecular formula is C20H36Br3NO3. The largest absolute Gasteiger partial charge is 0.462 e. The third kappa shape index (κ3) is 17.2. The summed E-state index contributed by atoms with van der Waals surface area (Å²) in [4.78, 5) is 11.6. The first kappa shape index (κ1) is 27.6. The molecule has 0 rings (SSSR count). The fraction of sp³-hybridized carbons (Fsp3) is 0.850. The van der Waals surface area contributed by atoms with E-state index in [-0.39, 0.29) is 6.61 Å². The van der Waals surface area contributed by atoms with Crippen LogP contribution in [0.3, 0.4) is 0 Å². The topological polar surface area (TPSA) is 72.6 Å². The molecule has 0 radical (unpaired) electrons. The summed E-state index contributed by atoms with van der Waals surface area (Å²) in [5.74, 6) is -0.546. The minimum atomic E-state index is -1.11. The third-order valence-corrected chi connectivity index (χ3v) is 5.36. The van der Waals surface area contributed by atoms with E-state index in [9.17, 15) is 9.90 Å². The molecule has 27 heavy (non-hydrogen) atoms. The zero-order valence-electron chi connectivity index (χ0n) is 16.5. The van der Waals surface area contributed by atoms with E-state index in [4.69, 9.17) is 10.5 Å². The molecule has 2 unspecified atom stereocenters. The molecule has 4 nitrogen and oxygen atoms in total. The number of esters is 1. The quantitative estimate of drug-likeness (QED) is 0.0975. The summed E-state index contributed by atoms with van der Waals surface area (Å²) in [6, 6.07) is -0.641. The van der Waals surface area contributed by atoms with Crippen LogP contribution in [-0.4, -0.2) is 32.0 Å². The van der Waals surface area contributed by atoms with Crippen molar-refractivity contribution in [2.45, 2.75) is 98.3 Å². The molecule has 0 aromatic heterocycles. The SMILES string of the molecule is CCCCCCCCCCCCCC=CC(O)C(N)COC(=O)C(Br)(Br)Br. The van der Waals surface area contributed by atoms with Gasteiger partial charge in [-0.2, -0.15) is 0 Å². The van der Waals surface area contributed by atoms with Crippen LogP contribution in [0.2, 0.25) is 0 Å². The molecule has 7 heteroatoms. The van der Waals surface area contributed by atoms with Gasteiger partial charge in [-0.15, -0.1) is 0 Å². The number of alkyl halides is 3. The molecule has 0 heterocycles. The van der Waals surface area contributed by atoms with Crippen LogP contribution in [-0.2, 0) is 9.53 Å². The monoisotopic (exact) mass is 575 g/mol. The van der Waals surface area contributed by atoms with Crippen molar-refractivity contribution < 1.29 is 14.6 Å². The second-order valence-electron chi connectivity index (χ2n) is 7.00. The van der Waals surface area contributed by atoms with Crippen molar-refractivity contribution >= 4 is 53.8 Å². The molecule has 2 atom stereocenters. The van der Waals surface area contributed by atoms with Gasteiger partial charge in [0.25, 0.3) is 0 Å². The summed E-state index contributed by atoms with van der Waals surface area (Å²) in [5.41, 5.74) is 5.83. The molecule has 0 fully saturated rings. The average molecular weight is 578 g/mol. The van der Waals surface area contributed by atoms with Crippen LogP contribution in [0, 0.1) is 0 Å². The standard InChI is InChI=1S/C20H36Br3NO3/c1-2-3-4-5-6-7-8-9-10-11-12-13-14-15-18(25)17(24)16-27-19(26)20(21,22)23/h14-15,17-18,25H,2-13,16,24H2,1H3. The van der Waals surface area contributed by atoms with Gasteiger partial charge in [-0.25, -0.2) is 4.79 Å². The lowest BCUT2D eigenvalue weighted by molar-refractivity contribution is -0.142. The fourth-order valence-electron chi connectivity index (χ4n) is 2.66. The lowest BCUT2D eigenvalue weighted by Gasteiger charge is -2.18. The number of hydrogen-bond acceptors (Lipinski definition) is 4. The van der Waals surface area contributed by atoms with E-state index in [2.05, 4.69) is 54.7 Å². The van der Waals surface area contributed by atoms with Gasteiger partial charge in [0.15, 0.2) is 0 Å². The molecule has 0 aliphatic carbocycles. The number of carbonyl (C=O) groups is 1. The van der Waals surface area contributed by atoms with Crippen molar-refractivity contribution in [3.05, 3.63) is 12.2 Å². The van der Waals surface area contributed by atoms with Gasteiger partial charge in [-0.05, 0) is 60.6 Å². The Kier molecular flexibility index (Phi) is 17.8. The van der Waals surface area contributed by atoms with Gasteiger partial charge in [0, 0.05) is 0 Å². The zero-order chi connectivity index (χ0) is 20.5. The number of halogens is 3. The fourth-order valence-corrected chi connectivity index (χ4v) is 3.00. The van der Waals surface area contributed by atoms with Crippen molar-refractivity contribution in [2.75, 3.05) is 6.61 Å². The van der Waals surface area contributed by atoms with E-state index >= 15 is 0 Å². The number of unbranched alkanes of at least 4 members (excludes halogenated alkanes) is 11. The molecule has 0 aliphatic heterocycles. The van der Waals surface area contributed by atoms with Gasteiger partial charge >= 0.3 is 5.97 Å². The van der Waals surface area contributed by atoms with Gasteiger partial charge in [0.05, 0.1) is 12.1 Å². The highest BCUT2D eigenvalue weighted by atomic mass is 80.0. The van der Waals surface area contributed by atoms with Gasteiger partial charge < -0.3 is 15.6 Å². The maximum Gasteiger partial charge on any atom is 0.345 e. The number of nitrogens with two attached hydrogens (primary N) is 1. The van der Waals surface area contributed by atoms with Crippen molar-refractivity contribution in [1.29, 1.82) is 0 Å². The molecule has 0 spiro atoms. The predicted octanol–water partition coefficient (Wildman–Crippen LogP) is 6.31. The van der Waals surface area contributed by atoms with Crippen LogP contribution in [0.15, 0.2) is 12.2 Å². The number of aliphatic hydroxyl groups excluding tert-OH is 1. The summed E-state index contributed by atoms with van der Waals surface area (Å²) >= 11 is 9.21. The van der Waals surface area contributed by atoms with Gasteiger partial charge in [0.2, 0.25) is 2.14 Å². The molecular weight excluding hydrogens is 542 g/mol. The molecule has 0 aliphatic rings. The Bertz CT molecular complexity index is 400. The first-order chi connectivity index (χ1) is 12.8. The first-order valence-electron chi connectivity index (χ1n) is 10.1. The summed E-state index contributed by atoms with van der Waals surface area (Å²) in [6.45, 7) is 2.21. The number of carbonyl (C=O) groups excluding carboxylic acids is 1. The van der Waals surface area contributed by atoms with Crippen LogP contribution < -0.4 is 5.73 Å². The Labute approximate surface area is 190 Å². The number of aliphatic hydroxyl groups is 1. The summed E-state index contributed by atoms with van der Waals surface area (Å²) in [6.07, 6.45) is 18.3. The summed E-state index contributed by atoms with van der Waals surface area (Å²) in [7, 11) is 0. The lowest BCUT2D eigenvalue weighted by atomic mass is 10.0. The Morgan fingerprint density at radius 2 is 1.48 bits per heavy atom. The van der Waals surface area contributed by atoms with Crippen LogP contribution in [0.25, 0.3) is 0 Å². The molecule has 0 bridgehead atoms. The van der Waals surface area contributed by atoms with Crippen LogP contribution in [0.5, 0.6) is 0 Å². The molecule has 0 aromatic rings. The average Bonchev–Trinajstić information content (AvgIpc) is 2.62. The van der Waals surface area contributed by atoms with Crippen molar-refractivity contribution in [2.24, 2.45) is 5.73 Å². The highest BCUT2D eigenvalue weighted by molar-refractivity contribution is 9.40. The van der Waals surface area contributed by atoms with Crippen LogP contribution in [0.4, 0.5) is 0 Å². The zero-order valence-corrected chi connectivity index (χ0v) is 21.2. The van der Waals surface area contributed by atoms with Crippen molar-refractivity contribution in [1.82, 2.24) is 0 Å². The molecule has 160 valence electrons. The second-order valence-corrected chi connectivity index (χ2v) is 13.8. The Morgan fingerprint density at radius 3 is 1.96 bits per heavy atom. The van der Waals surface area contributed by atoms with Crippen molar-refractivity contribution in [3.63, 3.8) is 0 Å². The molecule has 0 aromatic carbocycles. The third-order valence-electron chi connectivity index (χ3n) is 4.38. The highest BCUT2D eigenvalue weighted by Crippen LogP contribution is 2.34. The Hall–Kier alpha value is 0.570. The normalized spacial score (nSPS) is 14.4. The van der Waals surface area contributed by atoms with Crippen molar-refractivity contribution in [3.8, 4) is 0 Å². The summed E-state index contributed by atoms with van der Waals surface area (Å²) in [5, 5.41) is 9.97. The second kappa shape index (κ2) is 17.4. The van der Waals surface area contributed by atoms with E-state index in [0.717, 1.165) is 12.8 Å². The number of hydrogen-bond donors (Lipinski definition) is 2. The number of allylic oxidation sites excluding steroid dienone is 1. The van der Waals surface area contributed by atoms with E-state index in [1.165, 1.54) is 64.2 Å². The van der Waals surface area contributed by atoms with E-state index in [1.54, 1.807) is 6.08 Å². The predicted molar refractivity (Wildman–Crippen MR) is 125 cm³/mol. The summed E-state index contributed by atoms with van der Waals surface area (Å²) < 4.78 is 3.90. The number of ether oxygens (including phenoxy) is 1. The van der Waals surface area contributed by atoms with E-state index < -0.39 is 20.3 Å². The first-order valence-corrected chi connectivity index (χ1v) is 12.5. The van der Waals surface area contributed by atoms with Gasteiger partial charge in [-0.3, -0.25) is 0 Å². The Balaban J connectivity index is 3.57. The van der Waals surface area contributed by atoms with Gasteiger partial charge in [-0.1, -0.05) is 83.3 Å². The highest BCUT2D eigenvalue weighted by Gasteiger charge is 2.31. The number of rotatable bonds is 16. The molecule has 0 saturated heterocycles. The van der Waals surface area contributed by atoms with Gasteiger partial charge in [0.1, 0.15) is 6.61 Å². The van der Waals surface area contributed by atoms with E-state index in [0.29, 0.717) is 0 Å². The Morgan fingerprint density at radius 1 is 1.00 bits per heavy atom.